The van der Waals surface area contributed by atoms with Crippen LogP contribution in [-0.2, 0) is 17.9 Å². The van der Waals surface area contributed by atoms with Crippen molar-refractivity contribution in [2.24, 2.45) is 0 Å². The smallest absolute Gasteiger partial charge is 0.270 e. The zero-order valence-corrected chi connectivity index (χ0v) is 15.9. The molecule has 0 aliphatic rings. The molecule has 0 fully saturated rings. The monoisotopic (exact) mass is 398 g/mol. The number of nitrogens with zero attached hydrogens (tertiary/aromatic N) is 1. The molecule has 2 aromatic carbocycles. The van der Waals surface area contributed by atoms with Crippen LogP contribution in [0.2, 0.25) is 0 Å². The molecule has 1 atom stereocenters. The fourth-order valence-corrected chi connectivity index (χ4v) is 3.35. The van der Waals surface area contributed by atoms with E-state index < -0.39 is 22.8 Å². The Labute approximate surface area is 167 Å². The highest BCUT2D eigenvalue weighted by Gasteiger charge is 2.37. The van der Waals surface area contributed by atoms with Crippen LogP contribution in [0.25, 0.3) is 0 Å². The van der Waals surface area contributed by atoms with Crippen LogP contribution < -0.4 is 5.32 Å². The molecular formula is C23H21F3N2O. The molecule has 2 N–H and O–H groups in total. The van der Waals surface area contributed by atoms with Gasteiger partial charge < -0.3 is 10.4 Å². The number of hydrogen-bond donors (Lipinski definition) is 2. The standard InChI is InChI=1S/C23H21F3N2O/c1-3-28-23(14-16-7-5-4-6-8-16,21-10-9-20(29)15-27-21)18-11-17(22(2,25)26)12-19(24)13-18/h3-13,15,28-29H,1,14H2,2H3/t23-/m0/s1. The van der Waals surface area contributed by atoms with Gasteiger partial charge in [-0.1, -0.05) is 36.9 Å². The molecule has 3 rings (SSSR count). The molecule has 150 valence electrons. The quantitative estimate of drug-likeness (QED) is 0.571. The van der Waals surface area contributed by atoms with Crippen LogP contribution >= 0.6 is 0 Å². The fourth-order valence-electron chi connectivity index (χ4n) is 3.35. The molecule has 0 aliphatic carbocycles. The lowest BCUT2D eigenvalue weighted by molar-refractivity contribution is 0.0170. The third-order valence-corrected chi connectivity index (χ3v) is 4.74. The van der Waals surface area contributed by atoms with Crippen molar-refractivity contribution in [3.8, 4) is 5.75 Å². The van der Waals surface area contributed by atoms with E-state index in [1.165, 1.54) is 30.6 Å². The highest BCUT2D eigenvalue weighted by molar-refractivity contribution is 5.42. The second-order valence-electron chi connectivity index (χ2n) is 6.93. The van der Waals surface area contributed by atoms with Gasteiger partial charge in [0.25, 0.3) is 5.92 Å². The summed E-state index contributed by atoms with van der Waals surface area (Å²) in [5, 5.41) is 12.8. The summed E-state index contributed by atoms with van der Waals surface area (Å²) in [7, 11) is 0. The average molecular weight is 398 g/mol. The molecule has 0 bridgehead atoms. The van der Waals surface area contributed by atoms with Crippen molar-refractivity contribution in [2.45, 2.75) is 24.8 Å². The Bertz CT molecular complexity index is 985. The van der Waals surface area contributed by atoms with Crippen LogP contribution in [0.1, 0.15) is 29.3 Å². The summed E-state index contributed by atoms with van der Waals surface area (Å²) in [4.78, 5) is 4.29. The molecular weight excluding hydrogens is 377 g/mol. The Morgan fingerprint density at radius 3 is 2.34 bits per heavy atom. The van der Waals surface area contributed by atoms with Gasteiger partial charge in [0.1, 0.15) is 17.1 Å². The van der Waals surface area contributed by atoms with E-state index in [0.717, 1.165) is 18.6 Å². The molecule has 0 radical (unpaired) electrons. The Hall–Kier alpha value is -3.28. The van der Waals surface area contributed by atoms with Gasteiger partial charge in [0.15, 0.2) is 0 Å². The van der Waals surface area contributed by atoms with Crippen LogP contribution in [0.4, 0.5) is 13.2 Å². The molecule has 0 unspecified atom stereocenters. The zero-order chi connectivity index (χ0) is 21.1. The molecule has 1 aromatic heterocycles. The van der Waals surface area contributed by atoms with Gasteiger partial charge in [-0.2, -0.15) is 0 Å². The lowest BCUT2D eigenvalue weighted by Crippen LogP contribution is -2.43. The van der Waals surface area contributed by atoms with Crippen molar-refractivity contribution in [2.75, 3.05) is 0 Å². The number of rotatable bonds is 7. The van der Waals surface area contributed by atoms with E-state index in [0.29, 0.717) is 5.69 Å². The predicted molar refractivity (Wildman–Crippen MR) is 106 cm³/mol. The van der Waals surface area contributed by atoms with Gasteiger partial charge in [-0.05, 0) is 47.7 Å². The molecule has 3 nitrogen and oxygen atoms in total. The number of hydrogen-bond acceptors (Lipinski definition) is 3. The van der Waals surface area contributed by atoms with Gasteiger partial charge >= 0.3 is 0 Å². The number of benzene rings is 2. The largest absolute Gasteiger partial charge is 0.506 e. The summed E-state index contributed by atoms with van der Waals surface area (Å²) in [6, 6.07) is 15.7. The van der Waals surface area contributed by atoms with E-state index in [4.69, 9.17) is 0 Å². The van der Waals surface area contributed by atoms with Gasteiger partial charge in [0.2, 0.25) is 0 Å². The van der Waals surface area contributed by atoms with Crippen LogP contribution in [-0.4, -0.2) is 10.1 Å². The van der Waals surface area contributed by atoms with E-state index in [2.05, 4.69) is 16.9 Å². The topological polar surface area (TPSA) is 45.1 Å². The Balaban J connectivity index is 2.27. The lowest BCUT2D eigenvalue weighted by Gasteiger charge is -2.35. The first kappa shape index (κ1) is 20.5. The minimum absolute atomic E-state index is 0.0408. The second kappa shape index (κ2) is 7.99. The first-order valence-corrected chi connectivity index (χ1v) is 9.02. The molecule has 6 heteroatoms. The number of nitrogens with one attached hydrogen (secondary N) is 1. The van der Waals surface area contributed by atoms with E-state index >= 15 is 0 Å². The van der Waals surface area contributed by atoms with Crippen LogP contribution in [0.5, 0.6) is 5.75 Å². The number of pyridine rings is 1. The first-order valence-electron chi connectivity index (χ1n) is 9.02. The van der Waals surface area contributed by atoms with E-state index in [1.54, 1.807) is 6.07 Å². The SMILES string of the molecule is C=CN[C@@](Cc1ccccc1)(c1cc(F)cc(C(C)(F)F)c1)c1ccc(O)cn1. The number of aromatic hydroxyl groups is 1. The van der Waals surface area contributed by atoms with Crippen molar-refractivity contribution in [3.05, 3.63) is 108 Å². The number of aromatic nitrogens is 1. The summed E-state index contributed by atoms with van der Waals surface area (Å²) in [6.07, 6.45) is 2.97. The Kier molecular flexibility index (Phi) is 5.64. The van der Waals surface area contributed by atoms with Crippen molar-refractivity contribution in [1.82, 2.24) is 10.3 Å². The van der Waals surface area contributed by atoms with Gasteiger partial charge in [-0.25, -0.2) is 13.2 Å². The fraction of sp³-hybridized carbons (Fsp3) is 0.174. The second-order valence-corrected chi connectivity index (χ2v) is 6.93. The maximum Gasteiger partial charge on any atom is 0.270 e. The Morgan fingerprint density at radius 2 is 1.76 bits per heavy atom. The van der Waals surface area contributed by atoms with Crippen LogP contribution in [0.15, 0.2) is 79.6 Å². The number of halogens is 3. The van der Waals surface area contributed by atoms with Crippen LogP contribution in [0, 0.1) is 5.82 Å². The molecule has 29 heavy (non-hydrogen) atoms. The Morgan fingerprint density at radius 1 is 1.07 bits per heavy atom. The van der Waals surface area contributed by atoms with Gasteiger partial charge in [-0.3, -0.25) is 4.98 Å². The van der Waals surface area contributed by atoms with Gasteiger partial charge in [0, 0.05) is 18.9 Å². The highest BCUT2D eigenvalue weighted by atomic mass is 19.3. The van der Waals surface area contributed by atoms with Gasteiger partial charge in [-0.15, -0.1) is 0 Å². The molecule has 0 aliphatic heterocycles. The molecule has 0 amide bonds. The van der Waals surface area contributed by atoms with E-state index in [1.807, 2.05) is 30.3 Å². The molecule has 1 heterocycles. The first-order chi connectivity index (χ1) is 13.7. The molecule has 0 saturated heterocycles. The van der Waals surface area contributed by atoms with E-state index in [9.17, 15) is 18.3 Å². The summed E-state index contributed by atoms with van der Waals surface area (Å²) in [5.41, 5.74) is -0.0369. The molecule has 0 saturated carbocycles. The maximum absolute atomic E-state index is 14.4. The lowest BCUT2D eigenvalue weighted by atomic mass is 9.79. The summed E-state index contributed by atoms with van der Waals surface area (Å²) < 4.78 is 42.4. The third kappa shape index (κ3) is 4.42. The minimum atomic E-state index is -3.22. The zero-order valence-electron chi connectivity index (χ0n) is 15.9. The predicted octanol–water partition coefficient (Wildman–Crippen LogP) is 5.26. The summed E-state index contributed by atoms with van der Waals surface area (Å²) in [6.45, 7) is 4.45. The van der Waals surface area contributed by atoms with Crippen molar-refractivity contribution in [1.29, 1.82) is 0 Å². The van der Waals surface area contributed by atoms with Crippen molar-refractivity contribution in [3.63, 3.8) is 0 Å². The van der Waals surface area contributed by atoms with Crippen molar-refractivity contribution >= 4 is 0 Å². The van der Waals surface area contributed by atoms with Crippen LogP contribution in [0.3, 0.4) is 0 Å². The van der Waals surface area contributed by atoms with Gasteiger partial charge in [0.05, 0.1) is 11.9 Å². The summed E-state index contributed by atoms with van der Waals surface area (Å²) >= 11 is 0. The normalized spacial score (nSPS) is 13.5. The maximum atomic E-state index is 14.4. The minimum Gasteiger partial charge on any atom is -0.506 e. The van der Waals surface area contributed by atoms with E-state index in [-0.39, 0.29) is 17.7 Å². The van der Waals surface area contributed by atoms with Crippen molar-refractivity contribution < 1.29 is 18.3 Å². The number of alkyl halides is 2. The average Bonchev–Trinajstić information content (AvgIpc) is 2.68. The summed E-state index contributed by atoms with van der Waals surface area (Å²) in [5.74, 6) is -4.03. The third-order valence-electron chi connectivity index (χ3n) is 4.74. The molecule has 0 spiro atoms. The molecule has 3 aromatic rings. The highest BCUT2D eigenvalue weighted by Crippen LogP contribution is 2.37.